The summed E-state index contributed by atoms with van der Waals surface area (Å²) < 4.78 is 34.8. The van der Waals surface area contributed by atoms with Crippen LogP contribution >= 0.6 is 10.6 Å². The highest BCUT2D eigenvalue weighted by Crippen LogP contribution is 2.59. The Morgan fingerprint density at radius 1 is 1.32 bits per heavy atom. The van der Waals surface area contributed by atoms with Crippen molar-refractivity contribution in [1.29, 1.82) is 0 Å². The van der Waals surface area contributed by atoms with Gasteiger partial charge in [0.25, 0.3) is 0 Å². The van der Waals surface area contributed by atoms with E-state index in [1.807, 2.05) is 12.2 Å². The smallest absolute Gasteiger partial charge is 0.322 e. The maximum absolute atomic E-state index is 14.7. The predicted molar refractivity (Wildman–Crippen MR) is 112 cm³/mol. The maximum Gasteiger partial charge on any atom is 0.322 e. The van der Waals surface area contributed by atoms with Crippen LogP contribution in [0, 0.1) is 5.82 Å². The third-order valence-electron chi connectivity index (χ3n) is 5.43. The molecule has 0 saturated carbocycles. The van der Waals surface area contributed by atoms with Crippen LogP contribution in [0.15, 0.2) is 35.3 Å². The third kappa shape index (κ3) is 3.61. The Kier molecular flexibility index (Phi) is 5.20. The van der Waals surface area contributed by atoms with Gasteiger partial charge in [0.05, 0.1) is 5.75 Å². The number of anilines is 1. The van der Waals surface area contributed by atoms with Gasteiger partial charge >= 0.3 is 6.03 Å². The van der Waals surface area contributed by atoms with E-state index < -0.39 is 26.7 Å². The molecule has 0 aromatic heterocycles. The zero-order valence-electron chi connectivity index (χ0n) is 16.3. The lowest BCUT2D eigenvalue weighted by Gasteiger charge is -2.53. The van der Waals surface area contributed by atoms with E-state index in [-0.39, 0.29) is 23.2 Å². The van der Waals surface area contributed by atoms with Crippen molar-refractivity contribution < 1.29 is 18.3 Å². The van der Waals surface area contributed by atoms with Crippen LogP contribution in [0.5, 0.6) is 0 Å². The molecule has 0 fully saturated rings. The molecular weight excluding hydrogens is 383 g/mol. The molecule has 0 radical (unpaired) electrons. The summed E-state index contributed by atoms with van der Waals surface area (Å²) >= 11 is 0. The molecule has 0 spiro atoms. The summed E-state index contributed by atoms with van der Waals surface area (Å²) in [6.07, 6.45) is 4.74. The molecule has 0 unspecified atom stereocenters. The van der Waals surface area contributed by atoms with Gasteiger partial charge in [0, 0.05) is 24.3 Å². The van der Waals surface area contributed by atoms with E-state index in [2.05, 4.69) is 10.3 Å². The topological polar surface area (TPSA) is 111 Å². The minimum absolute atomic E-state index is 0.0650. The minimum atomic E-state index is -3.16. The first-order valence-corrected chi connectivity index (χ1v) is 10.8. The summed E-state index contributed by atoms with van der Waals surface area (Å²) in [6, 6.07) is 3.92. The molecule has 0 saturated heterocycles. The van der Waals surface area contributed by atoms with Gasteiger partial charge in [0.15, 0.2) is 0 Å². The number of hydrogen-bond donors (Lipinski definition) is 4. The lowest BCUT2D eigenvalue weighted by molar-refractivity contribution is 0.216. The van der Waals surface area contributed by atoms with Crippen molar-refractivity contribution in [3.05, 3.63) is 41.7 Å². The van der Waals surface area contributed by atoms with Crippen LogP contribution in [-0.2, 0) is 5.54 Å². The van der Waals surface area contributed by atoms with E-state index in [4.69, 9.17) is 5.73 Å². The maximum atomic E-state index is 14.7. The third-order valence-corrected chi connectivity index (χ3v) is 8.24. The first-order valence-electron chi connectivity index (χ1n) is 9.08. The van der Waals surface area contributed by atoms with Gasteiger partial charge in [-0.2, -0.15) is 10.6 Å². The van der Waals surface area contributed by atoms with Crippen molar-refractivity contribution in [1.82, 2.24) is 4.90 Å². The van der Waals surface area contributed by atoms with E-state index in [0.29, 0.717) is 18.8 Å². The fourth-order valence-electron chi connectivity index (χ4n) is 3.35. The van der Waals surface area contributed by atoms with Crippen molar-refractivity contribution in [2.45, 2.75) is 37.5 Å². The number of urea groups is 1. The highest BCUT2D eigenvalue weighted by atomic mass is 32.3. The number of nitrogens with zero attached hydrogens (tertiary/aromatic N) is 2. The fourth-order valence-corrected chi connectivity index (χ4v) is 5.10. The lowest BCUT2D eigenvalue weighted by atomic mass is 9.92. The van der Waals surface area contributed by atoms with E-state index in [9.17, 15) is 18.3 Å². The van der Waals surface area contributed by atoms with E-state index in [1.54, 1.807) is 25.7 Å². The van der Waals surface area contributed by atoms with Gasteiger partial charge in [0.2, 0.25) is 0 Å². The highest BCUT2D eigenvalue weighted by molar-refractivity contribution is 8.26. The molecule has 5 N–H and O–H groups in total. The van der Waals surface area contributed by atoms with Crippen LogP contribution in [0.2, 0.25) is 0 Å². The molecule has 1 aromatic carbocycles. The zero-order valence-corrected chi connectivity index (χ0v) is 17.1. The first-order chi connectivity index (χ1) is 13.0. The molecule has 9 heteroatoms. The van der Waals surface area contributed by atoms with Crippen LogP contribution in [0.4, 0.5) is 14.9 Å². The zero-order chi connectivity index (χ0) is 20.7. The number of carbonyl (C=O) groups excluding carboxylic acids is 1. The molecule has 1 atom stereocenters. The molecule has 2 amide bonds. The fraction of sp³-hybridized carbons (Fsp3) is 0.474. The number of carbonyl (C=O) groups is 1. The van der Waals surface area contributed by atoms with Crippen molar-refractivity contribution in [2.75, 3.05) is 24.2 Å². The number of hydrogen-bond acceptors (Lipinski definition) is 5. The number of halogens is 1. The average Bonchev–Trinajstić information content (AvgIpc) is 2.62. The molecule has 7 nitrogen and oxygen atoms in total. The number of benzene rings is 1. The first kappa shape index (κ1) is 20.6. The summed E-state index contributed by atoms with van der Waals surface area (Å²) in [5, 5.41) is 2.77. The minimum Gasteiger partial charge on any atom is -0.386 e. The molecule has 154 valence electrons. The van der Waals surface area contributed by atoms with Gasteiger partial charge in [-0.3, -0.25) is 14.1 Å². The van der Waals surface area contributed by atoms with Gasteiger partial charge in [-0.25, -0.2) is 9.18 Å². The molecule has 2 aliphatic heterocycles. The van der Waals surface area contributed by atoms with Gasteiger partial charge in [-0.1, -0.05) is 12.2 Å². The van der Waals surface area contributed by atoms with Crippen molar-refractivity contribution in [3.63, 3.8) is 0 Å². The lowest BCUT2D eigenvalue weighted by Crippen LogP contribution is -2.52. The number of aliphatic imine (C=N–C) groups is 1. The normalized spacial score (nSPS) is 27.1. The Morgan fingerprint density at radius 2 is 2.04 bits per heavy atom. The monoisotopic (exact) mass is 410 g/mol. The number of amides is 2. The number of nitrogens with one attached hydrogen (secondary N) is 1. The van der Waals surface area contributed by atoms with Crippen molar-refractivity contribution >= 4 is 28.1 Å². The molecule has 2 heterocycles. The van der Waals surface area contributed by atoms with E-state index in [0.717, 1.165) is 6.42 Å². The summed E-state index contributed by atoms with van der Waals surface area (Å²) in [5.74, 6) is -0.637. The molecule has 3 rings (SSSR count). The molecule has 2 aliphatic rings. The summed E-state index contributed by atoms with van der Waals surface area (Å²) in [4.78, 5) is 18.5. The SMILES string of the molecule is CC1(C)C(N)=N[C@](C)(c2cc(NC(=O)N3CC=CCC3)ccc2F)CS1(O)O. The van der Waals surface area contributed by atoms with Crippen molar-refractivity contribution in [3.8, 4) is 0 Å². The van der Waals surface area contributed by atoms with Gasteiger partial charge < -0.3 is 16.0 Å². The van der Waals surface area contributed by atoms with Gasteiger partial charge in [-0.15, -0.1) is 0 Å². The predicted octanol–water partition coefficient (Wildman–Crippen LogP) is 3.73. The van der Waals surface area contributed by atoms with Crippen LogP contribution in [0.1, 0.15) is 32.8 Å². The van der Waals surface area contributed by atoms with Gasteiger partial charge in [0.1, 0.15) is 21.9 Å². The Bertz CT molecular complexity index is 856. The number of rotatable bonds is 2. The molecule has 0 bridgehead atoms. The van der Waals surface area contributed by atoms with Gasteiger partial charge in [-0.05, 0) is 45.4 Å². The molecule has 0 aliphatic carbocycles. The van der Waals surface area contributed by atoms with Crippen molar-refractivity contribution in [2.24, 2.45) is 10.7 Å². The highest BCUT2D eigenvalue weighted by Gasteiger charge is 2.49. The van der Waals surface area contributed by atoms with E-state index >= 15 is 0 Å². The Morgan fingerprint density at radius 3 is 2.64 bits per heavy atom. The number of amidine groups is 1. The Hall–Kier alpha value is -2.10. The summed E-state index contributed by atoms with van der Waals surface area (Å²) in [5.41, 5.74) is 5.32. The van der Waals surface area contributed by atoms with E-state index in [1.165, 1.54) is 18.2 Å². The molecule has 1 aromatic rings. The second-order valence-electron chi connectivity index (χ2n) is 7.92. The quantitative estimate of drug-likeness (QED) is 0.557. The number of nitrogens with two attached hydrogens (primary N) is 1. The molecular formula is C19H27FN4O3S. The van der Waals surface area contributed by atoms with Crippen LogP contribution in [0.3, 0.4) is 0 Å². The average molecular weight is 411 g/mol. The molecule has 28 heavy (non-hydrogen) atoms. The standard InChI is InChI=1S/C19H27FN4O3S/c1-18(2)16(21)23-19(3,12-28(18,26)27)14-11-13(7-8-15(14)20)22-17(25)24-9-5-4-6-10-24/h4-5,7-8,11,26-27H,6,9-10,12H2,1-3H3,(H2,21,23)(H,22,25)/t19-/m0/s1. The van der Waals surface area contributed by atoms with Crippen LogP contribution in [0.25, 0.3) is 0 Å². The summed E-state index contributed by atoms with van der Waals surface area (Å²) in [6.45, 7) is 5.98. The van der Waals surface area contributed by atoms with Crippen LogP contribution in [-0.4, -0.2) is 49.5 Å². The second-order valence-corrected chi connectivity index (χ2v) is 10.6. The second kappa shape index (κ2) is 7.06. The summed E-state index contributed by atoms with van der Waals surface area (Å²) in [7, 11) is -3.16. The largest absolute Gasteiger partial charge is 0.386 e. The Labute approximate surface area is 165 Å². The van der Waals surface area contributed by atoms with Crippen LogP contribution < -0.4 is 11.1 Å². The Balaban J connectivity index is 1.92.